The molecule has 28 heavy (non-hydrogen) atoms. The number of amides is 1. The van der Waals surface area contributed by atoms with Crippen LogP contribution >= 0.6 is 22.6 Å². The van der Waals surface area contributed by atoms with E-state index in [1.165, 1.54) is 0 Å². The second-order valence-corrected chi connectivity index (χ2v) is 9.28. The van der Waals surface area contributed by atoms with E-state index in [1.54, 1.807) is 4.90 Å². The predicted octanol–water partition coefficient (Wildman–Crippen LogP) is 2.08. The van der Waals surface area contributed by atoms with Gasteiger partial charge in [-0.25, -0.2) is 4.79 Å². The average Bonchev–Trinajstić information content (AvgIpc) is 2.96. The van der Waals surface area contributed by atoms with Crippen LogP contribution in [0.3, 0.4) is 0 Å². The Morgan fingerprint density at radius 2 is 1.46 bits per heavy atom. The zero-order valence-corrected chi connectivity index (χ0v) is 19.0. The van der Waals surface area contributed by atoms with Crippen molar-refractivity contribution < 1.29 is 37.6 Å². The minimum Gasteiger partial charge on any atom is -0.625 e. The molecule has 0 saturated carbocycles. The molecule has 5 nitrogen and oxygen atoms in total. The van der Waals surface area contributed by atoms with Gasteiger partial charge in [-0.05, 0) is 74.6 Å². The molecule has 8 heteroatoms. The van der Waals surface area contributed by atoms with Crippen molar-refractivity contribution in [2.75, 3.05) is 4.90 Å². The molecule has 2 heterocycles. The Hall–Kier alpha value is -0.978. The van der Waals surface area contributed by atoms with E-state index in [4.69, 9.17) is 14.0 Å². The number of carbonyl (C=O) groups excluding carboxylic acids is 1. The summed E-state index contributed by atoms with van der Waals surface area (Å²) in [5.41, 5.74) is 0.447. The summed E-state index contributed by atoms with van der Waals surface area (Å²) in [5, 5.41) is 0. The van der Waals surface area contributed by atoms with Crippen LogP contribution in [-0.2, 0) is 14.0 Å². The van der Waals surface area contributed by atoms with E-state index in [-0.39, 0.29) is 18.9 Å². The molecule has 0 radical (unpaired) electrons. The molecule has 1 spiro atoms. The molecular formula is C20H22BILiNO4. The predicted molar refractivity (Wildman–Crippen MR) is 113 cm³/mol. The second kappa shape index (κ2) is 7.37. The first kappa shape index (κ1) is 21.7. The normalized spacial score (nSPS) is 24.1. The van der Waals surface area contributed by atoms with E-state index in [1.807, 2.05) is 82.3 Å². The number of carbonyl (C=O) groups is 1. The Morgan fingerprint density at radius 3 is 2.00 bits per heavy atom. The SMILES string of the molecule is CC1(C)O[B-]2(OC(=O)N(c3ccc(I)cc3)C2c2ccccc2)OC1(C)C.[Li+]. The van der Waals surface area contributed by atoms with Gasteiger partial charge in [0.05, 0.1) is 0 Å². The first-order valence-corrected chi connectivity index (χ1v) is 10.1. The Morgan fingerprint density at radius 1 is 0.929 bits per heavy atom. The van der Waals surface area contributed by atoms with Crippen molar-refractivity contribution in [2.45, 2.75) is 44.8 Å². The molecule has 1 atom stereocenters. The monoisotopic (exact) mass is 485 g/mol. The molecule has 0 aliphatic carbocycles. The molecule has 2 saturated heterocycles. The van der Waals surface area contributed by atoms with Gasteiger partial charge >= 0.3 is 31.7 Å². The van der Waals surface area contributed by atoms with Crippen LogP contribution in [0.15, 0.2) is 54.6 Å². The van der Waals surface area contributed by atoms with Crippen molar-refractivity contribution in [1.82, 2.24) is 0 Å². The van der Waals surface area contributed by atoms with Gasteiger partial charge < -0.3 is 18.9 Å². The summed E-state index contributed by atoms with van der Waals surface area (Å²) in [7, 11) is 0. The Bertz CT molecular complexity index is 860. The summed E-state index contributed by atoms with van der Waals surface area (Å²) in [4.78, 5) is 14.6. The number of halogens is 1. The maximum absolute atomic E-state index is 13.0. The van der Waals surface area contributed by atoms with Crippen LogP contribution in [0, 0.1) is 3.57 Å². The quantitative estimate of drug-likeness (QED) is 0.483. The first-order chi connectivity index (χ1) is 12.7. The molecule has 142 valence electrons. The largest absolute Gasteiger partial charge is 1.00 e. The smallest absolute Gasteiger partial charge is 0.625 e. The Labute approximate surface area is 191 Å². The summed E-state index contributed by atoms with van der Waals surface area (Å²) in [6.45, 7) is 5.52. The van der Waals surface area contributed by atoms with E-state index in [9.17, 15) is 4.79 Å². The number of hydrogen-bond donors (Lipinski definition) is 0. The molecule has 2 aromatic carbocycles. The van der Waals surface area contributed by atoms with Crippen LogP contribution in [0.1, 0.15) is 39.2 Å². The molecule has 0 bridgehead atoms. The van der Waals surface area contributed by atoms with Gasteiger partial charge in [-0.1, -0.05) is 35.9 Å². The molecule has 2 aliphatic heterocycles. The summed E-state index contributed by atoms with van der Waals surface area (Å²) in [6.07, 6.45) is -0.460. The van der Waals surface area contributed by atoms with Gasteiger partial charge in [-0.2, -0.15) is 0 Å². The number of anilines is 1. The van der Waals surface area contributed by atoms with Crippen molar-refractivity contribution in [1.29, 1.82) is 0 Å². The summed E-state index contributed by atoms with van der Waals surface area (Å²) >= 11 is 2.24. The molecule has 0 aromatic heterocycles. The van der Waals surface area contributed by atoms with Gasteiger partial charge in [0.25, 0.3) is 0 Å². The van der Waals surface area contributed by atoms with Crippen LogP contribution in [0.25, 0.3) is 0 Å². The van der Waals surface area contributed by atoms with Crippen LogP contribution in [0.2, 0.25) is 0 Å². The third kappa shape index (κ3) is 3.42. The van der Waals surface area contributed by atoms with Crippen molar-refractivity contribution in [3.05, 3.63) is 63.7 Å². The number of nitrogens with zero attached hydrogens (tertiary/aromatic N) is 1. The fourth-order valence-electron chi connectivity index (χ4n) is 3.77. The van der Waals surface area contributed by atoms with Crippen molar-refractivity contribution in [3.63, 3.8) is 0 Å². The topological polar surface area (TPSA) is 48.0 Å². The van der Waals surface area contributed by atoms with Crippen molar-refractivity contribution in [3.8, 4) is 0 Å². The van der Waals surface area contributed by atoms with Gasteiger partial charge in [0, 0.05) is 26.4 Å². The molecule has 2 aromatic rings. The minimum absolute atomic E-state index is 0. The number of rotatable bonds is 2. The summed E-state index contributed by atoms with van der Waals surface area (Å²) < 4.78 is 19.7. The van der Waals surface area contributed by atoms with Gasteiger partial charge in [-0.15, -0.1) is 0 Å². The number of benzene rings is 2. The molecule has 1 amide bonds. The Kier molecular flexibility index (Phi) is 5.72. The zero-order valence-electron chi connectivity index (χ0n) is 16.8. The van der Waals surface area contributed by atoms with E-state index in [0.717, 1.165) is 14.8 Å². The van der Waals surface area contributed by atoms with Crippen molar-refractivity contribution >= 4 is 41.1 Å². The average molecular weight is 485 g/mol. The van der Waals surface area contributed by atoms with E-state index in [0.29, 0.717) is 0 Å². The van der Waals surface area contributed by atoms with E-state index in [2.05, 4.69) is 22.6 Å². The first-order valence-electron chi connectivity index (χ1n) is 9.02. The number of hydrogen-bond acceptors (Lipinski definition) is 4. The maximum atomic E-state index is 13.0. The van der Waals surface area contributed by atoms with E-state index < -0.39 is 30.0 Å². The van der Waals surface area contributed by atoms with E-state index >= 15 is 0 Å². The van der Waals surface area contributed by atoms with Crippen molar-refractivity contribution in [2.24, 2.45) is 0 Å². The van der Waals surface area contributed by atoms with Crippen LogP contribution in [0.5, 0.6) is 0 Å². The molecule has 2 aliphatic rings. The van der Waals surface area contributed by atoms with Crippen LogP contribution in [0.4, 0.5) is 10.5 Å². The third-order valence-corrected chi connectivity index (χ3v) is 6.46. The van der Waals surface area contributed by atoms with Crippen LogP contribution in [-0.4, -0.2) is 24.0 Å². The summed E-state index contributed by atoms with van der Waals surface area (Å²) in [6, 6.07) is 17.5. The second-order valence-electron chi connectivity index (χ2n) is 8.04. The minimum atomic E-state index is -2.34. The maximum Gasteiger partial charge on any atom is 1.00 e. The summed E-state index contributed by atoms with van der Waals surface area (Å²) in [5.74, 6) is -0.500. The van der Waals surface area contributed by atoms with Gasteiger partial charge in [-0.3, -0.25) is 0 Å². The van der Waals surface area contributed by atoms with Crippen LogP contribution < -0.4 is 23.8 Å². The molecular weight excluding hydrogens is 463 g/mol. The fraction of sp³-hybridized carbons (Fsp3) is 0.350. The van der Waals surface area contributed by atoms with Gasteiger partial charge in [0.2, 0.25) is 0 Å². The Balaban J connectivity index is 0.00000225. The molecule has 4 rings (SSSR count). The fourth-order valence-corrected chi connectivity index (χ4v) is 4.13. The standard InChI is InChI=1S/C20H22BINO4.Li/c1-19(2)20(3,4)27-21(26-19)17(14-8-6-5-7-9-14)23(18(24)25-21)16-12-10-15(22)11-13-16;/h5-13,17H,1-4H3;/q-1;+1. The third-order valence-electron chi connectivity index (χ3n) is 5.74. The van der Waals surface area contributed by atoms with Gasteiger partial charge in [0.1, 0.15) is 0 Å². The zero-order chi connectivity index (χ0) is 19.4. The van der Waals surface area contributed by atoms with Gasteiger partial charge in [0.15, 0.2) is 0 Å². The molecule has 2 fully saturated rings. The molecule has 1 unspecified atom stereocenters. The molecule has 0 N–H and O–H groups in total.